The summed E-state index contributed by atoms with van der Waals surface area (Å²) in [5.41, 5.74) is 1.49. The van der Waals surface area contributed by atoms with Gasteiger partial charge in [-0.3, -0.25) is 19.2 Å². The van der Waals surface area contributed by atoms with Crippen molar-refractivity contribution in [3.8, 4) is 5.75 Å². The van der Waals surface area contributed by atoms with Crippen molar-refractivity contribution >= 4 is 45.1 Å². The molecule has 1 aromatic heterocycles. The molecule has 0 saturated carbocycles. The van der Waals surface area contributed by atoms with Crippen LogP contribution in [0.5, 0.6) is 5.75 Å². The molecule has 0 bridgehead atoms. The van der Waals surface area contributed by atoms with Gasteiger partial charge in [0.2, 0.25) is 23.5 Å². The number of ketones is 1. The number of nitrogens with one attached hydrogen (secondary N) is 3. The minimum atomic E-state index is -0.944. The Morgan fingerprint density at radius 2 is 1.82 bits per heavy atom. The lowest BCUT2D eigenvalue weighted by atomic mass is 9.95. The summed E-state index contributed by atoms with van der Waals surface area (Å²) in [5, 5.41) is 8.79. The minimum absolute atomic E-state index is 0.0994. The zero-order chi connectivity index (χ0) is 27.9. The second kappa shape index (κ2) is 12.8. The monoisotopic (exact) mass is 550 g/mol. The molecular weight excluding hydrogens is 516 g/mol. The second-order valence-electron chi connectivity index (χ2n) is 10.2. The van der Waals surface area contributed by atoms with Gasteiger partial charge in [-0.15, -0.1) is 11.3 Å². The number of nitrogens with zero attached hydrogens (tertiary/aromatic N) is 1. The lowest BCUT2D eigenvalue weighted by molar-refractivity contribution is -0.129. The number of aromatic nitrogens is 1. The molecule has 1 fully saturated rings. The van der Waals surface area contributed by atoms with Crippen LogP contribution in [0.15, 0.2) is 48.5 Å². The quantitative estimate of drug-likeness (QED) is 0.297. The first-order valence-electron chi connectivity index (χ1n) is 13.1. The van der Waals surface area contributed by atoms with Crippen LogP contribution >= 0.6 is 11.3 Å². The van der Waals surface area contributed by atoms with Gasteiger partial charge >= 0.3 is 0 Å². The van der Waals surface area contributed by atoms with E-state index in [9.17, 15) is 19.2 Å². The van der Waals surface area contributed by atoms with Gasteiger partial charge in [0, 0.05) is 12.5 Å². The molecule has 4 rings (SSSR count). The SMILES string of the molecule is COc1ccc(CC(=O)N[C@@H](CC(C)C)C(=O)N[C@@H](C[C@@H]2CCNC2=O)C(=O)c2nc3ccccc3s2)cc1. The predicted octanol–water partition coefficient (Wildman–Crippen LogP) is 3.27. The van der Waals surface area contributed by atoms with Crippen LogP contribution in [-0.4, -0.2) is 54.2 Å². The Bertz CT molecular complexity index is 1300. The molecule has 39 heavy (non-hydrogen) atoms. The van der Waals surface area contributed by atoms with Crippen molar-refractivity contribution in [2.75, 3.05) is 13.7 Å². The summed E-state index contributed by atoms with van der Waals surface area (Å²) in [6, 6.07) is 12.8. The van der Waals surface area contributed by atoms with E-state index in [2.05, 4.69) is 20.9 Å². The molecule has 9 nitrogen and oxygen atoms in total. The molecule has 0 aliphatic carbocycles. The van der Waals surface area contributed by atoms with Crippen LogP contribution in [0.3, 0.4) is 0 Å². The van der Waals surface area contributed by atoms with E-state index in [1.54, 1.807) is 31.4 Å². The molecule has 3 amide bonds. The van der Waals surface area contributed by atoms with Crippen molar-refractivity contribution in [2.45, 2.75) is 51.6 Å². The maximum Gasteiger partial charge on any atom is 0.243 e. The van der Waals surface area contributed by atoms with Crippen molar-refractivity contribution in [2.24, 2.45) is 11.8 Å². The summed E-state index contributed by atoms with van der Waals surface area (Å²) < 4.78 is 6.03. The molecule has 1 aliphatic heterocycles. The number of ether oxygens (including phenoxy) is 1. The molecule has 1 saturated heterocycles. The number of thiazole rings is 1. The average molecular weight is 551 g/mol. The Kier molecular flexibility index (Phi) is 9.29. The van der Waals surface area contributed by atoms with Crippen LogP contribution in [0.4, 0.5) is 0 Å². The van der Waals surface area contributed by atoms with E-state index >= 15 is 0 Å². The molecule has 0 radical (unpaired) electrons. The van der Waals surface area contributed by atoms with Crippen molar-refractivity contribution in [1.82, 2.24) is 20.9 Å². The molecular formula is C29H34N4O5S. The van der Waals surface area contributed by atoms with Crippen LogP contribution in [-0.2, 0) is 20.8 Å². The molecule has 1 aliphatic rings. The van der Waals surface area contributed by atoms with E-state index in [1.165, 1.54) is 11.3 Å². The van der Waals surface area contributed by atoms with E-state index in [0.29, 0.717) is 30.7 Å². The second-order valence-corrected chi connectivity index (χ2v) is 11.2. The smallest absolute Gasteiger partial charge is 0.243 e. The highest BCUT2D eigenvalue weighted by atomic mass is 32.1. The van der Waals surface area contributed by atoms with E-state index in [4.69, 9.17) is 4.74 Å². The van der Waals surface area contributed by atoms with Gasteiger partial charge in [0.1, 0.15) is 11.8 Å². The molecule has 0 unspecified atom stereocenters. The number of benzene rings is 2. The maximum atomic E-state index is 13.6. The van der Waals surface area contributed by atoms with Crippen LogP contribution in [0.2, 0.25) is 0 Å². The number of Topliss-reactive ketones (excluding diaryl/α,β-unsaturated/α-hetero) is 1. The summed E-state index contributed by atoms with van der Waals surface area (Å²) in [6.45, 7) is 4.46. The first-order valence-corrected chi connectivity index (χ1v) is 13.9. The summed E-state index contributed by atoms with van der Waals surface area (Å²) in [5.74, 6) is -0.802. The van der Waals surface area contributed by atoms with Gasteiger partial charge in [-0.25, -0.2) is 4.98 Å². The first kappa shape index (κ1) is 28.2. The molecule has 206 valence electrons. The van der Waals surface area contributed by atoms with Crippen molar-refractivity contribution < 1.29 is 23.9 Å². The molecule has 2 heterocycles. The third kappa shape index (κ3) is 7.41. The number of para-hydroxylation sites is 1. The number of methoxy groups -OCH3 is 1. The number of rotatable bonds is 12. The van der Waals surface area contributed by atoms with E-state index in [-0.39, 0.29) is 47.3 Å². The summed E-state index contributed by atoms with van der Waals surface area (Å²) in [4.78, 5) is 56.8. The molecule has 0 spiro atoms. The van der Waals surface area contributed by atoms with Crippen LogP contribution in [0.1, 0.15) is 48.5 Å². The average Bonchev–Trinajstić information content (AvgIpc) is 3.53. The van der Waals surface area contributed by atoms with Gasteiger partial charge < -0.3 is 20.7 Å². The Balaban J connectivity index is 1.50. The molecule has 3 aromatic rings. The summed E-state index contributed by atoms with van der Waals surface area (Å²) in [6.07, 6.45) is 1.25. The molecule has 3 N–H and O–H groups in total. The number of carbonyl (C=O) groups is 4. The fraction of sp³-hybridized carbons (Fsp3) is 0.414. The third-order valence-electron chi connectivity index (χ3n) is 6.70. The van der Waals surface area contributed by atoms with Gasteiger partial charge in [0.25, 0.3) is 0 Å². The minimum Gasteiger partial charge on any atom is -0.497 e. The van der Waals surface area contributed by atoms with Gasteiger partial charge in [0.15, 0.2) is 5.01 Å². The van der Waals surface area contributed by atoms with E-state index in [0.717, 1.165) is 10.3 Å². The van der Waals surface area contributed by atoms with Gasteiger partial charge in [-0.1, -0.05) is 38.1 Å². The van der Waals surface area contributed by atoms with Gasteiger partial charge in [0.05, 0.1) is 29.8 Å². The number of hydrogen-bond acceptors (Lipinski definition) is 7. The number of hydrogen-bond donors (Lipinski definition) is 3. The van der Waals surface area contributed by atoms with Crippen LogP contribution < -0.4 is 20.7 Å². The van der Waals surface area contributed by atoms with E-state index in [1.807, 2.05) is 38.1 Å². The fourth-order valence-corrected chi connectivity index (χ4v) is 5.62. The lowest BCUT2D eigenvalue weighted by Gasteiger charge is -2.24. The highest BCUT2D eigenvalue weighted by Gasteiger charge is 2.34. The van der Waals surface area contributed by atoms with E-state index < -0.39 is 18.0 Å². The number of carbonyl (C=O) groups excluding carboxylic acids is 4. The Morgan fingerprint density at radius 3 is 2.46 bits per heavy atom. The van der Waals surface area contributed by atoms with Crippen molar-refractivity contribution in [3.63, 3.8) is 0 Å². The Labute approximate surface area is 231 Å². The Hall–Kier alpha value is -3.79. The highest BCUT2D eigenvalue weighted by Crippen LogP contribution is 2.25. The van der Waals surface area contributed by atoms with Gasteiger partial charge in [-0.2, -0.15) is 0 Å². The molecule has 3 atom stereocenters. The summed E-state index contributed by atoms with van der Waals surface area (Å²) in [7, 11) is 1.57. The predicted molar refractivity (Wildman–Crippen MR) is 150 cm³/mol. The number of amides is 3. The standard InChI is InChI=1S/C29H34N4O5S/c1-17(2)14-23(31-25(34)15-18-8-10-20(38-3)11-9-18)28(37)32-22(16-19-12-13-30-27(19)36)26(35)29-33-21-6-4-5-7-24(21)39-29/h4-11,17,19,22-23H,12-16H2,1-3H3,(H,30,36)(H,31,34)(H,32,37)/t19-,22-,23-/m0/s1. The lowest BCUT2D eigenvalue weighted by Crippen LogP contribution is -2.52. The summed E-state index contributed by atoms with van der Waals surface area (Å²) >= 11 is 1.26. The topological polar surface area (TPSA) is 126 Å². The maximum absolute atomic E-state index is 13.6. The van der Waals surface area contributed by atoms with Crippen LogP contribution in [0.25, 0.3) is 10.2 Å². The first-order chi connectivity index (χ1) is 18.7. The Morgan fingerprint density at radius 1 is 1.08 bits per heavy atom. The largest absolute Gasteiger partial charge is 0.497 e. The zero-order valence-corrected chi connectivity index (χ0v) is 23.2. The van der Waals surface area contributed by atoms with Crippen molar-refractivity contribution in [3.05, 3.63) is 59.1 Å². The van der Waals surface area contributed by atoms with Crippen LogP contribution in [0, 0.1) is 11.8 Å². The fourth-order valence-electron chi connectivity index (χ4n) is 4.66. The zero-order valence-electron chi connectivity index (χ0n) is 22.4. The van der Waals surface area contributed by atoms with Crippen molar-refractivity contribution in [1.29, 1.82) is 0 Å². The van der Waals surface area contributed by atoms with Gasteiger partial charge in [-0.05, 0) is 55.0 Å². The normalized spacial score (nSPS) is 16.5. The molecule has 10 heteroatoms. The molecule has 2 aromatic carbocycles. The third-order valence-corrected chi connectivity index (χ3v) is 7.75. The highest BCUT2D eigenvalue weighted by molar-refractivity contribution is 7.20. The number of fused-ring (bicyclic) bond motifs is 1.